The van der Waals surface area contributed by atoms with Crippen LogP contribution in [0.4, 0.5) is 0 Å². The Hall–Kier alpha value is -1.16. The zero-order valence-electron chi connectivity index (χ0n) is 9.72. The summed E-state index contributed by atoms with van der Waals surface area (Å²) >= 11 is 0. The van der Waals surface area contributed by atoms with Crippen LogP contribution >= 0.6 is 0 Å². The van der Waals surface area contributed by atoms with Crippen LogP contribution in [-0.2, 0) is 0 Å². The number of aryl methyl sites for hydroxylation is 1. The van der Waals surface area contributed by atoms with E-state index in [0.717, 1.165) is 18.5 Å². The van der Waals surface area contributed by atoms with Gasteiger partial charge in [-0.05, 0) is 38.8 Å². The highest BCUT2D eigenvalue weighted by atomic mass is 16.5. The fourth-order valence-corrected chi connectivity index (χ4v) is 2.22. The second kappa shape index (κ2) is 5.25. The predicted molar refractivity (Wildman–Crippen MR) is 62.2 cm³/mol. The van der Waals surface area contributed by atoms with Crippen LogP contribution in [0.15, 0.2) is 12.3 Å². The third kappa shape index (κ3) is 2.70. The van der Waals surface area contributed by atoms with Crippen molar-refractivity contribution in [3.63, 3.8) is 0 Å². The Labute approximate surface area is 96.2 Å². The van der Waals surface area contributed by atoms with Gasteiger partial charge in [0.2, 0.25) is 0 Å². The van der Waals surface area contributed by atoms with E-state index < -0.39 is 0 Å². The monoisotopic (exact) mass is 221 g/mol. The average molecular weight is 221 g/mol. The van der Waals surface area contributed by atoms with Gasteiger partial charge in [0.1, 0.15) is 6.10 Å². The van der Waals surface area contributed by atoms with Crippen molar-refractivity contribution in [3.05, 3.63) is 18.0 Å². The molecule has 1 aromatic heterocycles. The van der Waals surface area contributed by atoms with Crippen LogP contribution in [0.1, 0.15) is 31.4 Å². The first-order valence-corrected chi connectivity index (χ1v) is 5.96. The fraction of sp³-hybridized carbons (Fsp3) is 0.667. The first-order valence-electron chi connectivity index (χ1n) is 5.96. The Morgan fingerprint density at radius 3 is 3.00 bits per heavy atom. The minimum atomic E-state index is 0.195. The van der Waals surface area contributed by atoms with Crippen molar-refractivity contribution >= 4 is 0 Å². The first kappa shape index (κ1) is 11.3. The SMILES string of the molecule is Cc1ccnc(OC2CCCCC2CN)n1. The molecule has 0 aromatic carbocycles. The number of nitrogens with zero attached hydrogens (tertiary/aromatic N) is 2. The average Bonchev–Trinajstić information content (AvgIpc) is 2.30. The summed E-state index contributed by atoms with van der Waals surface area (Å²) in [5.41, 5.74) is 6.69. The largest absolute Gasteiger partial charge is 0.460 e. The van der Waals surface area contributed by atoms with Gasteiger partial charge in [0, 0.05) is 17.8 Å². The van der Waals surface area contributed by atoms with Crippen LogP contribution in [0, 0.1) is 12.8 Å². The summed E-state index contributed by atoms with van der Waals surface area (Å²) in [6.07, 6.45) is 6.63. The molecule has 2 rings (SSSR count). The zero-order chi connectivity index (χ0) is 11.4. The molecule has 1 aromatic rings. The molecule has 0 spiro atoms. The van der Waals surface area contributed by atoms with E-state index in [2.05, 4.69) is 9.97 Å². The van der Waals surface area contributed by atoms with E-state index in [4.69, 9.17) is 10.5 Å². The highest BCUT2D eigenvalue weighted by molar-refractivity contribution is 5.03. The van der Waals surface area contributed by atoms with Gasteiger partial charge >= 0.3 is 6.01 Å². The molecule has 0 radical (unpaired) electrons. The van der Waals surface area contributed by atoms with E-state index in [9.17, 15) is 0 Å². The molecule has 0 aliphatic heterocycles. The van der Waals surface area contributed by atoms with E-state index in [0.29, 0.717) is 18.5 Å². The van der Waals surface area contributed by atoms with Gasteiger partial charge in [0.15, 0.2) is 0 Å². The summed E-state index contributed by atoms with van der Waals surface area (Å²) in [5.74, 6) is 0.456. The van der Waals surface area contributed by atoms with E-state index in [1.54, 1.807) is 6.20 Å². The Morgan fingerprint density at radius 2 is 2.25 bits per heavy atom. The molecule has 0 saturated heterocycles. The van der Waals surface area contributed by atoms with Crippen molar-refractivity contribution in [2.75, 3.05) is 6.54 Å². The summed E-state index contributed by atoms with van der Waals surface area (Å²) in [5, 5.41) is 0. The van der Waals surface area contributed by atoms with Crippen LogP contribution in [0.5, 0.6) is 6.01 Å². The second-order valence-corrected chi connectivity index (χ2v) is 4.42. The number of hydrogen-bond acceptors (Lipinski definition) is 4. The van der Waals surface area contributed by atoms with E-state index >= 15 is 0 Å². The standard InChI is InChI=1S/C12H19N3O/c1-9-6-7-14-12(15-9)16-11-5-3-2-4-10(11)8-13/h6-7,10-11H,2-5,8,13H2,1H3. The molecule has 2 N–H and O–H groups in total. The maximum absolute atomic E-state index is 5.84. The minimum Gasteiger partial charge on any atom is -0.460 e. The highest BCUT2D eigenvalue weighted by Crippen LogP contribution is 2.26. The van der Waals surface area contributed by atoms with Crippen molar-refractivity contribution < 1.29 is 4.74 Å². The van der Waals surface area contributed by atoms with Gasteiger partial charge in [-0.3, -0.25) is 0 Å². The van der Waals surface area contributed by atoms with Gasteiger partial charge in [0.25, 0.3) is 0 Å². The lowest BCUT2D eigenvalue weighted by Crippen LogP contribution is -2.35. The fourth-order valence-electron chi connectivity index (χ4n) is 2.22. The molecule has 0 bridgehead atoms. The smallest absolute Gasteiger partial charge is 0.316 e. The molecule has 4 heteroatoms. The minimum absolute atomic E-state index is 0.195. The van der Waals surface area contributed by atoms with Crippen molar-refractivity contribution in [1.82, 2.24) is 9.97 Å². The molecule has 2 unspecified atom stereocenters. The maximum atomic E-state index is 5.84. The summed E-state index contributed by atoms with van der Waals surface area (Å²) in [4.78, 5) is 8.39. The topological polar surface area (TPSA) is 61.0 Å². The molecule has 1 heterocycles. The number of rotatable bonds is 3. The second-order valence-electron chi connectivity index (χ2n) is 4.42. The van der Waals surface area contributed by atoms with Crippen LogP contribution in [0.25, 0.3) is 0 Å². The first-order chi connectivity index (χ1) is 7.79. The third-order valence-corrected chi connectivity index (χ3v) is 3.17. The number of hydrogen-bond donors (Lipinski definition) is 1. The van der Waals surface area contributed by atoms with Gasteiger partial charge in [-0.15, -0.1) is 0 Å². The van der Waals surface area contributed by atoms with Gasteiger partial charge in [-0.2, -0.15) is 0 Å². The van der Waals surface area contributed by atoms with Gasteiger partial charge in [0.05, 0.1) is 0 Å². The lowest BCUT2D eigenvalue weighted by atomic mass is 9.86. The van der Waals surface area contributed by atoms with Crippen molar-refractivity contribution in [2.24, 2.45) is 11.7 Å². The van der Waals surface area contributed by atoms with Gasteiger partial charge in [-0.1, -0.05) is 6.42 Å². The molecule has 88 valence electrons. The van der Waals surface area contributed by atoms with Crippen LogP contribution in [0.2, 0.25) is 0 Å². The van der Waals surface area contributed by atoms with Gasteiger partial charge < -0.3 is 10.5 Å². The Kier molecular flexibility index (Phi) is 3.72. The Morgan fingerprint density at radius 1 is 1.44 bits per heavy atom. The predicted octanol–water partition coefficient (Wildman–Crippen LogP) is 1.68. The Balaban J connectivity index is 2.02. The number of aromatic nitrogens is 2. The summed E-state index contributed by atoms with van der Waals surface area (Å²) in [6.45, 7) is 2.63. The Bertz CT molecular complexity index is 343. The normalized spacial score (nSPS) is 25.4. The number of ether oxygens (including phenoxy) is 1. The quantitative estimate of drug-likeness (QED) is 0.843. The molecule has 4 nitrogen and oxygen atoms in total. The lowest BCUT2D eigenvalue weighted by molar-refractivity contribution is 0.0870. The molecule has 2 atom stereocenters. The molecular weight excluding hydrogens is 202 g/mol. The molecule has 16 heavy (non-hydrogen) atoms. The number of nitrogens with two attached hydrogens (primary N) is 1. The van der Waals surface area contributed by atoms with Crippen LogP contribution in [-0.4, -0.2) is 22.6 Å². The molecule has 1 aliphatic carbocycles. The van der Waals surface area contributed by atoms with E-state index in [-0.39, 0.29) is 6.10 Å². The molecule has 0 amide bonds. The lowest BCUT2D eigenvalue weighted by Gasteiger charge is -2.30. The zero-order valence-corrected chi connectivity index (χ0v) is 9.72. The van der Waals surface area contributed by atoms with E-state index in [1.807, 2.05) is 13.0 Å². The van der Waals surface area contributed by atoms with Crippen molar-refractivity contribution in [3.8, 4) is 6.01 Å². The maximum Gasteiger partial charge on any atom is 0.316 e. The van der Waals surface area contributed by atoms with Crippen molar-refractivity contribution in [1.29, 1.82) is 0 Å². The molecule has 1 fully saturated rings. The van der Waals surface area contributed by atoms with Gasteiger partial charge in [-0.25, -0.2) is 9.97 Å². The highest BCUT2D eigenvalue weighted by Gasteiger charge is 2.26. The third-order valence-electron chi connectivity index (χ3n) is 3.17. The summed E-state index contributed by atoms with van der Waals surface area (Å²) in [7, 11) is 0. The van der Waals surface area contributed by atoms with Crippen LogP contribution < -0.4 is 10.5 Å². The van der Waals surface area contributed by atoms with Crippen molar-refractivity contribution in [2.45, 2.75) is 38.7 Å². The van der Waals surface area contributed by atoms with E-state index in [1.165, 1.54) is 12.8 Å². The summed E-state index contributed by atoms with van der Waals surface area (Å²) in [6, 6.07) is 2.36. The summed E-state index contributed by atoms with van der Waals surface area (Å²) < 4.78 is 5.84. The van der Waals surface area contributed by atoms with Crippen LogP contribution in [0.3, 0.4) is 0 Å². The molecule has 1 saturated carbocycles. The molecule has 1 aliphatic rings. The molecular formula is C12H19N3O.